The van der Waals surface area contributed by atoms with Gasteiger partial charge in [0.15, 0.2) is 0 Å². The Hall–Kier alpha value is -2.02. The van der Waals surface area contributed by atoms with E-state index in [1.807, 2.05) is 31.2 Å². The number of methoxy groups -OCH3 is 1. The Morgan fingerprint density at radius 3 is 2.48 bits per heavy atom. The number of carbonyl (C=O) groups excluding carboxylic acids is 1. The Balaban J connectivity index is 1.86. The second-order valence-electron chi connectivity index (χ2n) is 7.31. The molecule has 0 N–H and O–H groups in total. The average molecular weight is 382 g/mol. The molecule has 1 saturated heterocycles. The van der Waals surface area contributed by atoms with Gasteiger partial charge in [0, 0.05) is 22.6 Å². The van der Waals surface area contributed by atoms with Gasteiger partial charge >= 0.3 is 12.1 Å². The number of piperidine rings is 1. The Morgan fingerprint density at radius 1 is 1.26 bits per heavy atom. The minimum absolute atomic E-state index is 0.0846. The third-order valence-corrected chi connectivity index (χ3v) is 5.67. The number of carbonyl (C=O) groups is 1. The molecule has 0 bridgehead atoms. The molecule has 1 aliphatic heterocycles. The number of nitrogens with zero attached hydrogens (tertiary/aromatic N) is 2. The maximum absolute atomic E-state index is 12.6. The molecule has 0 saturated carbocycles. The number of ether oxygens (including phenoxy) is 1. The van der Waals surface area contributed by atoms with Gasteiger partial charge in [-0.2, -0.15) is 13.2 Å². The first kappa shape index (κ1) is 19.7. The predicted molar refractivity (Wildman–Crippen MR) is 97.9 cm³/mol. The van der Waals surface area contributed by atoms with E-state index in [1.54, 1.807) is 0 Å². The van der Waals surface area contributed by atoms with Crippen LogP contribution in [0, 0.1) is 12.8 Å². The standard InChI is InChI=1S/C20H25F3N2O2/c1-13(15-8-10-24(11-9-15)12-20(21,22)23)25-14(2)18(19(26)27-3)16-6-4-5-7-17(16)25/h4-7,13,15H,8-12H2,1-3H3. The van der Waals surface area contributed by atoms with Crippen molar-refractivity contribution < 1.29 is 22.7 Å². The SMILES string of the molecule is COC(=O)c1c(C)n(C(C)C2CCN(CC(F)(F)F)CC2)c2ccccc12. The number of alkyl halides is 3. The minimum atomic E-state index is -4.15. The summed E-state index contributed by atoms with van der Waals surface area (Å²) in [7, 11) is 1.37. The van der Waals surface area contributed by atoms with Crippen LogP contribution in [-0.2, 0) is 4.74 Å². The summed E-state index contributed by atoms with van der Waals surface area (Å²) >= 11 is 0. The van der Waals surface area contributed by atoms with E-state index in [0.717, 1.165) is 16.6 Å². The van der Waals surface area contributed by atoms with E-state index in [9.17, 15) is 18.0 Å². The van der Waals surface area contributed by atoms with Crippen molar-refractivity contribution in [2.75, 3.05) is 26.7 Å². The number of aromatic nitrogens is 1. The van der Waals surface area contributed by atoms with Crippen LogP contribution in [0.4, 0.5) is 13.2 Å². The second-order valence-corrected chi connectivity index (χ2v) is 7.31. The van der Waals surface area contributed by atoms with E-state index in [-0.39, 0.29) is 17.9 Å². The number of rotatable bonds is 4. The highest BCUT2D eigenvalue weighted by Crippen LogP contribution is 2.36. The molecule has 1 aromatic carbocycles. The van der Waals surface area contributed by atoms with Gasteiger partial charge in [0.2, 0.25) is 0 Å². The lowest BCUT2D eigenvalue weighted by Gasteiger charge is -2.36. The number of halogens is 3. The van der Waals surface area contributed by atoms with E-state index in [2.05, 4.69) is 11.5 Å². The number of fused-ring (bicyclic) bond motifs is 1. The van der Waals surface area contributed by atoms with E-state index in [1.165, 1.54) is 12.0 Å². The van der Waals surface area contributed by atoms with Gasteiger partial charge in [-0.15, -0.1) is 0 Å². The number of benzene rings is 1. The Bertz CT molecular complexity index is 820. The summed E-state index contributed by atoms with van der Waals surface area (Å²) in [6.07, 6.45) is -2.74. The Morgan fingerprint density at radius 2 is 1.89 bits per heavy atom. The number of likely N-dealkylation sites (tertiary alicyclic amines) is 1. The van der Waals surface area contributed by atoms with Crippen LogP contribution in [0.3, 0.4) is 0 Å². The molecule has 0 amide bonds. The molecule has 1 fully saturated rings. The van der Waals surface area contributed by atoms with Crippen molar-refractivity contribution >= 4 is 16.9 Å². The number of hydrogen-bond acceptors (Lipinski definition) is 3. The maximum atomic E-state index is 12.6. The average Bonchev–Trinajstić information content (AvgIpc) is 2.91. The molecular weight excluding hydrogens is 357 g/mol. The lowest BCUT2D eigenvalue weighted by Crippen LogP contribution is -2.41. The van der Waals surface area contributed by atoms with Gasteiger partial charge < -0.3 is 9.30 Å². The monoisotopic (exact) mass is 382 g/mol. The molecule has 2 heterocycles. The van der Waals surface area contributed by atoms with Crippen LogP contribution in [0.15, 0.2) is 24.3 Å². The maximum Gasteiger partial charge on any atom is 0.401 e. The Kier molecular flexibility index (Phi) is 5.51. The summed E-state index contributed by atoms with van der Waals surface area (Å²) < 4.78 is 44.9. The fourth-order valence-corrected chi connectivity index (χ4v) is 4.33. The van der Waals surface area contributed by atoms with E-state index in [4.69, 9.17) is 4.74 Å². The van der Waals surface area contributed by atoms with Gasteiger partial charge in [-0.1, -0.05) is 18.2 Å². The van der Waals surface area contributed by atoms with Crippen LogP contribution in [-0.4, -0.2) is 48.4 Å². The van der Waals surface area contributed by atoms with Crippen molar-refractivity contribution in [3.8, 4) is 0 Å². The van der Waals surface area contributed by atoms with Crippen molar-refractivity contribution in [2.24, 2.45) is 5.92 Å². The van der Waals surface area contributed by atoms with E-state index in [0.29, 0.717) is 31.5 Å². The number of esters is 1. The highest BCUT2D eigenvalue weighted by Gasteiger charge is 2.34. The lowest BCUT2D eigenvalue weighted by molar-refractivity contribution is -0.149. The minimum Gasteiger partial charge on any atom is -0.465 e. The topological polar surface area (TPSA) is 34.5 Å². The second kappa shape index (κ2) is 7.54. The largest absolute Gasteiger partial charge is 0.465 e. The molecule has 1 aliphatic rings. The van der Waals surface area contributed by atoms with Gasteiger partial charge in [-0.05, 0) is 51.8 Å². The van der Waals surface area contributed by atoms with Gasteiger partial charge in [0.25, 0.3) is 0 Å². The zero-order chi connectivity index (χ0) is 19.8. The van der Waals surface area contributed by atoms with Gasteiger partial charge in [-0.25, -0.2) is 4.79 Å². The molecule has 2 aromatic rings. The fourth-order valence-electron chi connectivity index (χ4n) is 4.33. The van der Waals surface area contributed by atoms with Crippen LogP contribution < -0.4 is 0 Å². The highest BCUT2D eigenvalue weighted by molar-refractivity contribution is 6.05. The van der Waals surface area contributed by atoms with Crippen LogP contribution in [0.2, 0.25) is 0 Å². The Labute approximate surface area is 156 Å². The summed E-state index contributed by atoms with van der Waals surface area (Å²) in [5.41, 5.74) is 2.36. The number of hydrogen-bond donors (Lipinski definition) is 0. The molecule has 3 rings (SSSR count). The van der Waals surface area contributed by atoms with Crippen LogP contribution in [0.5, 0.6) is 0 Å². The lowest BCUT2D eigenvalue weighted by atomic mass is 9.90. The van der Waals surface area contributed by atoms with Crippen LogP contribution in [0.25, 0.3) is 10.9 Å². The zero-order valence-electron chi connectivity index (χ0n) is 15.8. The van der Waals surface area contributed by atoms with Crippen molar-refractivity contribution in [3.63, 3.8) is 0 Å². The van der Waals surface area contributed by atoms with Gasteiger partial charge in [0.05, 0.1) is 19.2 Å². The summed E-state index contributed by atoms with van der Waals surface area (Å²) in [6.45, 7) is 4.03. The van der Waals surface area contributed by atoms with Gasteiger partial charge in [-0.3, -0.25) is 4.90 Å². The fraction of sp³-hybridized carbons (Fsp3) is 0.550. The van der Waals surface area contributed by atoms with E-state index < -0.39 is 12.7 Å². The molecule has 0 aliphatic carbocycles. The molecule has 7 heteroatoms. The third-order valence-electron chi connectivity index (χ3n) is 5.67. The van der Waals surface area contributed by atoms with Crippen LogP contribution >= 0.6 is 0 Å². The third kappa shape index (κ3) is 3.98. The first-order valence-electron chi connectivity index (χ1n) is 9.20. The molecule has 0 spiro atoms. The van der Waals surface area contributed by atoms with Crippen molar-refractivity contribution in [1.82, 2.24) is 9.47 Å². The molecule has 148 valence electrons. The molecule has 1 atom stereocenters. The quantitative estimate of drug-likeness (QED) is 0.727. The van der Waals surface area contributed by atoms with Crippen molar-refractivity contribution in [1.29, 1.82) is 0 Å². The zero-order valence-corrected chi connectivity index (χ0v) is 15.8. The normalized spacial score (nSPS) is 18.0. The summed E-state index contributed by atoms with van der Waals surface area (Å²) in [6, 6.07) is 7.78. The molecule has 1 unspecified atom stereocenters. The summed E-state index contributed by atoms with van der Waals surface area (Å²) in [5.74, 6) is -0.107. The summed E-state index contributed by atoms with van der Waals surface area (Å²) in [5, 5.41) is 0.850. The van der Waals surface area contributed by atoms with Crippen LogP contribution in [0.1, 0.15) is 41.9 Å². The smallest absolute Gasteiger partial charge is 0.401 e. The van der Waals surface area contributed by atoms with Crippen molar-refractivity contribution in [3.05, 3.63) is 35.5 Å². The van der Waals surface area contributed by atoms with Crippen molar-refractivity contribution in [2.45, 2.75) is 38.9 Å². The van der Waals surface area contributed by atoms with Gasteiger partial charge in [0.1, 0.15) is 0 Å². The highest BCUT2D eigenvalue weighted by atomic mass is 19.4. The first-order chi connectivity index (χ1) is 12.7. The molecule has 1 aromatic heterocycles. The summed E-state index contributed by atoms with van der Waals surface area (Å²) in [4.78, 5) is 13.8. The molecule has 4 nitrogen and oxygen atoms in total. The first-order valence-corrected chi connectivity index (χ1v) is 9.20. The molecule has 27 heavy (non-hydrogen) atoms. The number of para-hydroxylation sites is 1. The molecule has 0 radical (unpaired) electrons. The molecular formula is C20H25F3N2O2. The predicted octanol–water partition coefficient (Wildman–Crippen LogP) is 4.57. The van der Waals surface area contributed by atoms with E-state index >= 15 is 0 Å².